The molecule has 1 aliphatic rings. The number of anilines is 2. The molecule has 2 aromatic rings. The molecule has 0 atom stereocenters. The number of ether oxygens (including phenoxy) is 1. The largest absolute Gasteiger partial charge is 0.484 e. The van der Waals surface area contributed by atoms with Crippen LogP contribution in [0.5, 0.6) is 5.75 Å². The Kier molecular flexibility index (Phi) is 6.66. The number of carbonyl (C=O) groups excluding carboxylic acids is 2. The van der Waals surface area contributed by atoms with Gasteiger partial charge in [-0.05, 0) is 36.4 Å². The van der Waals surface area contributed by atoms with Gasteiger partial charge in [-0.15, -0.1) is 0 Å². The summed E-state index contributed by atoms with van der Waals surface area (Å²) in [5.74, 6) is 0.449. The van der Waals surface area contributed by atoms with E-state index in [4.69, 9.17) is 4.74 Å². The van der Waals surface area contributed by atoms with Crippen LogP contribution in [0.25, 0.3) is 0 Å². The summed E-state index contributed by atoms with van der Waals surface area (Å²) in [6, 6.07) is 14.8. The predicted molar refractivity (Wildman–Crippen MR) is 110 cm³/mol. The third-order valence-electron chi connectivity index (χ3n) is 5.00. The van der Waals surface area contributed by atoms with E-state index in [9.17, 15) is 9.59 Å². The maximum atomic E-state index is 12.4. The zero-order valence-electron chi connectivity index (χ0n) is 16.5. The number of nitrogens with zero attached hydrogens (tertiary/aromatic N) is 1. The van der Waals surface area contributed by atoms with Crippen LogP contribution in [0, 0.1) is 0 Å². The minimum absolute atomic E-state index is 0.0811. The number of ketones is 1. The molecule has 28 heavy (non-hydrogen) atoms. The number of rotatable bonds is 7. The number of piperazine rings is 1. The summed E-state index contributed by atoms with van der Waals surface area (Å²) in [7, 11) is 2.20. The van der Waals surface area contributed by atoms with Crippen LogP contribution >= 0.6 is 0 Å². The van der Waals surface area contributed by atoms with Gasteiger partial charge in [0.1, 0.15) is 5.75 Å². The third-order valence-corrected chi connectivity index (χ3v) is 5.00. The third kappa shape index (κ3) is 5.10. The summed E-state index contributed by atoms with van der Waals surface area (Å²) in [5.41, 5.74) is 2.51. The standard InChI is InChI=1S/C22H27N3O3/c1-3-21(26)17-8-10-18(11-9-17)28-16-22(27)23-19-6-4-5-7-20(19)25-14-12-24(2)13-15-25/h4-11H,3,12-16H2,1-2H3,(H,23,27)/p+1. The van der Waals surface area contributed by atoms with Gasteiger partial charge in [0.15, 0.2) is 12.4 Å². The number of hydrogen-bond donors (Lipinski definition) is 2. The van der Waals surface area contributed by atoms with Crippen molar-refractivity contribution in [3.63, 3.8) is 0 Å². The molecule has 0 aliphatic carbocycles. The summed E-state index contributed by atoms with van der Waals surface area (Å²) in [6.07, 6.45) is 0.469. The lowest BCUT2D eigenvalue weighted by atomic mass is 10.1. The molecule has 1 heterocycles. The molecule has 1 aliphatic heterocycles. The molecule has 1 fully saturated rings. The lowest BCUT2D eigenvalue weighted by Gasteiger charge is -2.33. The first kappa shape index (κ1) is 19.9. The van der Waals surface area contributed by atoms with E-state index in [-0.39, 0.29) is 18.3 Å². The van der Waals surface area contributed by atoms with Crippen molar-refractivity contribution < 1.29 is 19.2 Å². The van der Waals surface area contributed by atoms with Gasteiger partial charge in [0.05, 0.1) is 44.6 Å². The maximum Gasteiger partial charge on any atom is 0.262 e. The Labute approximate surface area is 166 Å². The number of Topliss-reactive ketones (excluding diaryl/α,β-unsaturated/α-hetero) is 1. The summed E-state index contributed by atoms with van der Waals surface area (Å²) < 4.78 is 5.57. The molecule has 3 rings (SSSR count). The van der Waals surface area contributed by atoms with Crippen molar-refractivity contribution in [2.24, 2.45) is 0 Å². The minimum atomic E-state index is -0.207. The monoisotopic (exact) mass is 382 g/mol. The van der Waals surface area contributed by atoms with Gasteiger partial charge in [-0.2, -0.15) is 0 Å². The Morgan fingerprint density at radius 2 is 1.75 bits per heavy atom. The average Bonchev–Trinajstić information content (AvgIpc) is 2.73. The van der Waals surface area contributed by atoms with Gasteiger partial charge in [0.25, 0.3) is 5.91 Å². The van der Waals surface area contributed by atoms with E-state index in [1.165, 1.54) is 4.90 Å². The lowest BCUT2D eigenvalue weighted by Crippen LogP contribution is -3.12. The fourth-order valence-corrected chi connectivity index (χ4v) is 3.26. The van der Waals surface area contributed by atoms with Crippen LogP contribution in [0.3, 0.4) is 0 Å². The molecule has 6 nitrogen and oxygen atoms in total. The molecule has 2 aromatic carbocycles. The second kappa shape index (κ2) is 9.37. The van der Waals surface area contributed by atoms with E-state index < -0.39 is 0 Å². The molecule has 1 amide bonds. The molecule has 0 spiro atoms. The van der Waals surface area contributed by atoms with Crippen molar-refractivity contribution in [2.75, 3.05) is 50.1 Å². The van der Waals surface area contributed by atoms with Crippen molar-refractivity contribution >= 4 is 23.1 Å². The van der Waals surface area contributed by atoms with Gasteiger partial charge in [0.2, 0.25) is 0 Å². The van der Waals surface area contributed by atoms with Gasteiger partial charge >= 0.3 is 0 Å². The number of quaternary nitrogens is 1. The molecular weight excluding hydrogens is 354 g/mol. The molecule has 2 N–H and O–H groups in total. The van der Waals surface area contributed by atoms with Gasteiger partial charge < -0.3 is 19.9 Å². The molecule has 6 heteroatoms. The van der Waals surface area contributed by atoms with Crippen LogP contribution in [0.15, 0.2) is 48.5 Å². The quantitative estimate of drug-likeness (QED) is 0.715. The van der Waals surface area contributed by atoms with E-state index in [2.05, 4.69) is 17.3 Å². The van der Waals surface area contributed by atoms with Crippen LogP contribution in [0.1, 0.15) is 23.7 Å². The van der Waals surface area contributed by atoms with Crippen molar-refractivity contribution in [1.29, 1.82) is 0 Å². The molecule has 0 radical (unpaired) electrons. The van der Waals surface area contributed by atoms with E-state index in [1.807, 2.05) is 31.2 Å². The Morgan fingerprint density at radius 1 is 1.07 bits per heavy atom. The Morgan fingerprint density at radius 3 is 2.43 bits per heavy atom. The van der Waals surface area contributed by atoms with E-state index in [0.717, 1.165) is 37.6 Å². The summed E-state index contributed by atoms with van der Waals surface area (Å²) in [6.45, 7) is 5.86. The number of benzene rings is 2. The van der Waals surface area contributed by atoms with Crippen LogP contribution in [0.4, 0.5) is 11.4 Å². The van der Waals surface area contributed by atoms with Crippen molar-refractivity contribution in [3.05, 3.63) is 54.1 Å². The molecule has 148 valence electrons. The van der Waals surface area contributed by atoms with E-state index in [1.54, 1.807) is 24.3 Å². The smallest absolute Gasteiger partial charge is 0.262 e. The van der Waals surface area contributed by atoms with Crippen molar-refractivity contribution in [3.8, 4) is 5.75 Å². The first-order valence-corrected chi connectivity index (χ1v) is 9.78. The van der Waals surface area contributed by atoms with Crippen molar-refractivity contribution in [2.45, 2.75) is 13.3 Å². The summed E-state index contributed by atoms with van der Waals surface area (Å²) in [5, 5.41) is 2.96. The molecular formula is C22H28N3O3+. The number of carbonyl (C=O) groups is 2. The molecule has 0 aromatic heterocycles. The number of hydrogen-bond acceptors (Lipinski definition) is 4. The SMILES string of the molecule is CCC(=O)c1ccc(OCC(=O)Nc2ccccc2N2CC[NH+](C)CC2)cc1. The van der Waals surface area contributed by atoms with Crippen LogP contribution < -0.4 is 19.9 Å². The average molecular weight is 382 g/mol. The maximum absolute atomic E-state index is 12.4. The minimum Gasteiger partial charge on any atom is -0.484 e. The predicted octanol–water partition coefficient (Wildman–Crippen LogP) is 1.63. The number of likely N-dealkylation sites (N-methyl/N-ethyl adjacent to an activating group) is 1. The first-order valence-electron chi connectivity index (χ1n) is 9.78. The lowest BCUT2D eigenvalue weighted by molar-refractivity contribution is -0.880. The Bertz CT molecular complexity index is 812. The number of para-hydroxylation sites is 2. The van der Waals surface area contributed by atoms with Crippen LogP contribution in [-0.4, -0.2) is 51.5 Å². The van der Waals surface area contributed by atoms with Crippen molar-refractivity contribution in [1.82, 2.24) is 0 Å². The van der Waals surface area contributed by atoms with E-state index >= 15 is 0 Å². The van der Waals surface area contributed by atoms with Gasteiger partial charge in [-0.1, -0.05) is 19.1 Å². The first-order chi connectivity index (χ1) is 13.6. The normalized spacial score (nSPS) is 14.6. The van der Waals surface area contributed by atoms with Gasteiger partial charge in [-0.3, -0.25) is 9.59 Å². The second-order valence-corrected chi connectivity index (χ2v) is 7.10. The summed E-state index contributed by atoms with van der Waals surface area (Å²) in [4.78, 5) is 27.9. The molecule has 0 unspecified atom stereocenters. The fraction of sp³-hybridized carbons (Fsp3) is 0.364. The summed E-state index contributed by atoms with van der Waals surface area (Å²) >= 11 is 0. The molecule has 1 saturated heterocycles. The topological polar surface area (TPSA) is 63.1 Å². The molecule has 0 saturated carbocycles. The Hall–Kier alpha value is -2.86. The highest BCUT2D eigenvalue weighted by molar-refractivity contribution is 5.96. The van der Waals surface area contributed by atoms with Crippen LogP contribution in [-0.2, 0) is 4.79 Å². The molecule has 0 bridgehead atoms. The highest BCUT2D eigenvalue weighted by Crippen LogP contribution is 2.25. The zero-order valence-corrected chi connectivity index (χ0v) is 16.5. The van der Waals surface area contributed by atoms with Gasteiger partial charge in [0, 0.05) is 12.0 Å². The van der Waals surface area contributed by atoms with Crippen LogP contribution in [0.2, 0.25) is 0 Å². The number of nitrogens with one attached hydrogen (secondary N) is 2. The fourth-order valence-electron chi connectivity index (χ4n) is 3.26. The number of amides is 1. The highest BCUT2D eigenvalue weighted by Gasteiger charge is 2.19. The van der Waals surface area contributed by atoms with E-state index in [0.29, 0.717) is 17.7 Å². The highest BCUT2D eigenvalue weighted by atomic mass is 16.5. The second-order valence-electron chi connectivity index (χ2n) is 7.10. The van der Waals surface area contributed by atoms with Gasteiger partial charge in [-0.25, -0.2) is 0 Å². The Balaban J connectivity index is 1.57. The zero-order chi connectivity index (χ0) is 19.9.